The second kappa shape index (κ2) is 4.59. The van der Waals surface area contributed by atoms with Crippen molar-refractivity contribution < 1.29 is 14.3 Å². The van der Waals surface area contributed by atoms with Crippen LogP contribution in [-0.2, 0) is 19.7 Å². The van der Waals surface area contributed by atoms with E-state index in [9.17, 15) is 9.59 Å². The number of ether oxygens (including phenoxy) is 1. The van der Waals surface area contributed by atoms with Crippen LogP contribution in [0, 0.1) is 0 Å². The molecule has 1 aromatic carbocycles. The van der Waals surface area contributed by atoms with E-state index in [4.69, 9.17) is 4.74 Å². The van der Waals surface area contributed by atoms with Gasteiger partial charge in [-0.3, -0.25) is 9.59 Å². The van der Waals surface area contributed by atoms with E-state index < -0.39 is 5.41 Å². The van der Waals surface area contributed by atoms with Gasteiger partial charge in [0.25, 0.3) is 5.91 Å². The summed E-state index contributed by atoms with van der Waals surface area (Å²) in [6.07, 6.45) is 1.34. The first-order chi connectivity index (χ1) is 9.48. The second-order valence-corrected chi connectivity index (χ2v) is 5.83. The summed E-state index contributed by atoms with van der Waals surface area (Å²) in [5.74, 6) is -0.132. The molecule has 2 amide bonds. The van der Waals surface area contributed by atoms with E-state index in [1.165, 1.54) is 0 Å². The van der Waals surface area contributed by atoms with E-state index in [1.54, 1.807) is 6.07 Å². The van der Waals surface area contributed by atoms with Crippen LogP contribution in [0.3, 0.4) is 0 Å². The summed E-state index contributed by atoms with van der Waals surface area (Å²) in [4.78, 5) is 23.9. The number of nitrogens with one attached hydrogen (secondary N) is 2. The molecule has 2 heterocycles. The lowest BCUT2D eigenvalue weighted by molar-refractivity contribution is -0.124. The van der Waals surface area contributed by atoms with Crippen LogP contribution in [0.2, 0.25) is 0 Å². The standard InChI is InChI=1S/C15H18N2O3/c1-15(2)10-8-9(5-6-11(10)17-14(15)19)16-13(18)12-4-3-7-20-12/h5-6,8,12H,3-4,7H2,1-2H3,(H,16,18)(H,17,19). The third-order valence-electron chi connectivity index (χ3n) is 4.00. The summed E-state index contributed by atoms with van der Waals surface area (Å²) < 4.78 is 5.36. The SMILES string of the molecule is CC1(C)C(=O)Nc2ccc(NC(=O)C3CCCO3)cc21. The Labute approximate surface area is 117 Å². The molecule has 3 rings (SSSR count). The highest BCUT2D eigenvalue weighted by Crippen LogP contribution is 2.38. The molecule has 5 nitrogen and oxygen atoms in total. The molecule has 2 aliphatic heterocycles. The number of fused-ring (bicyclic) bond motifs is 1. The smallest absolute Gasteiger partial charge is 0.253 e. The summed E-state index contributed by atoms with van der Waals surface area (Å²) >= 11 is 0. The van der Waals surface area contributed by atoms with Gasteiger partial charge in [-0.1, -0.05) is 0 Å². The Morgan fingerprint density at radius 1 is 1.45 bits per heavy atom. The molecule has 1 unspecified atom stereocenters. The first-order valence-corrected chi connectivity index (χ1v) is 6.87. The van der Waals surface area contributed by atoms with Crippen molar-refractivity contribution in [2.24, 2.45) is 0 Å². The molecule has 0 spiro atoms. The van der Waals surface area contributed by atoms with E-state index in [0.29, 0.717) is 12.3 Å². The first kappa shape index (κ1) is 13.1. The van der Waals surface area contributed by atoms with Gasteiger partial charge in [-0.05, 0) is 50.5 Å². The normalized spacial score (nSPS) is 23.3. The highest BCUT2D eigenvalue weighted by molar-refractivity contribution is 6.06. The maximum absolute atomic E-state index is 12.0. The van der Waals surface area contributed by atoms with Crippen molar-refractivity contribution in [3.05, 3.63) is 23.8 Å². The Morgan fingerprint density at radius 2 is 2.25 bits per heavy atom. The summed E-state index contributed by atoms with van der Waals surface area (Å²) in [6.45, 7) is 4.40. The minimum atomic E-state index is -0.570. The summed E-state index contributed by atoms with van der Waals surface area (Å²) in [6, 6.07) is 5.49. The maximum Gasteiger partial charge on any atom is 0.253 e. The number of hydrogen-bond donors (Lipinski definition) is 2. The Morgan fingerprint density at radius 3 is 2.95 bits per heavy atom. The topological polar surface area (TPSA) is 67.4 Å². The third-order valence-corrected chi connectivity index (χ3v) is 4.00. The van der Waals surface area contributed by atoms with Crippen LogP contribution in [-0.4, -0.2) is 24.5 Å². The predicted molar refractivity (Wildman–Crippen MR) is 75.7 cm³/mol. The molecule has 0 bridgehead atoms. The fourth-order valence-electron chi connectivity index (χ4n) is 2.66. The minimum Gasteiger partial charge on any atom is -0.368 e. The van der Waals surface area contributed by atoms with Crippen molar-refractivity contribution in [2.75, 3.05) is 17.2 Å². The quantitative estimate of drug-likeness (QED) is 0.867. The third kappa shape index (κ3) is 2.08. The van der Waals surface area contributed by atoms with Crippen molar-refractivity contribution in [3.8, 4) is 0 Å². The molecule has 1 saturated heterocycles. The van der Waals surface area contributed by atoms with Gasteiger partial charge in [-0.2, -0.15) is 0 Å². The first-order valence-electron chi connectivity index (χ1n) is 6.87. The van der Waals surface area contributed by atoms with Crippen LogP contribution in [0.15, 0.2) is 18.2 Å². The average Bonchev–Trinajstić information content (AvgIpc) is 3.00. The van der Waals surface area contributed by atoms with Gasteiger partial charge in [0.15, 0.2) is 0 Å². The molecule has 1 fully saturated rings. The molecule has 0 radical (unpaired) electrons. The maximum atomic E-state index is 12.0. The molecule has 1 atom stereocenters. The molecule has 2 aliphatic rings. The van der Waals surface area contributed by atoms with Crippen LogP contribution < -0.4 is 10.6 Å². The lowest BCUT2D eigenvalue weighted by Crippen LogP contribution is -2.28. The van der Waals surface area contributed by atoms with E-state index >= 15 is 0 Å². The van der Waals surface area contributed by atoms with Gasteiger partial charge >= 0.3 is 0 Å². The van der Waals surface area contributed by atoms with Crippen molar-refractivity contribution in [2.45, 2.75) is 38.2 Å². The van der Waals surface area contributed by atoms with Crippen molar-refractivity contribution in [3.63, 3.8) is 0 Å². The van der Waals surface area contributed by atoms with Gasteiger partial charge in [0.05, 0.1) is 5.41 Å². The molecule has 2 N–H and O–H groups in total. The Balaban J connectivity index is 1.81. The van der Waals surface area contributed by atoms with Crippen molar-refractivity contribution in [1.82, 2.24) is 0 Å². The van der Waals surface area contributed by atoms with Crippen LogP contribution >= 0.6 is 0 Å². The molecule has 1 aromatic rings. The molecular weight excluding hydrogens is 256 g/mol. The zero-order valence-corrected chi connectivity index (χ0v) is 11.7. The van der Waals surface area contributed by atoms with Gasteiger partial charge < -0.3 is 15.4 Å². The number of rotatable bonds is 2. The molecular formula is C15H18N2O3. The molecule has 5 heteroatoms. The van der Waals surface area contributed by atoms with Crippen LogP contribution in [0.1, 0.15) is 32.3 Å². The van der Waals surface area contributed by atoms with Gasteiger partial charge in [0.1, 0.15) is 6.10 Å². The van der Waals surface area contributed by atoms with E-state index in [-0.39, 0.29) is 17.9 Å². The lowest BCUT2D eigenvalue weighted by Gasteiger charge is -2.16. The van der Waals surface area contributed by atoms with E-state index in [0.717, 1.165) is 24.1 Å². The summed E-state index contributed by atoms with van der Waals surface area (Å²) in [5, 5.41) is 5.71. The van der Waals surface area contributed by atoms with Crippen LogP contribution in [0.25, 0.3) is 0 Å². The van der Waals surface area contributed by atoms with Crippen LogP contribution in [0.5, 0.6) is 0 Å². The fourth-order valence-corrected chi connectivity index (χ4v) is 2.66. The molecule has 106 valence electrons. The average molecular weight is 274 g/mol. The Kier molecular flexibility index (Phi) is 3.01. The Bertz CT molecular complexity index is 574. The Hall–Kier alpha value is -1.88. The highest BCUT2D eigenvalue weighted by Gasteiger charge is 2.38. The van der Waals surface area contributed by atoms with Gasteiger partial charge in [-0.25, -0.2) is 0 Å². The van der Waals surface area contributed by atoms with Gasteiger partial charge in [0, 0.05) is 18.0 Å². The number of carbonyl (C=O) groups is 2. The summed E-state index contributed by atoms with van der Waals surface area (Å²) in [7, 11) is 0. The van der Waals surface area contributed by atoms with Crippen molar-refractivity contribution >= 4 is 23.2 Å². The summed E-state index contributed by atoms with van der Waals surface area (Å²) in [5.41, 5.74) is 1.86. The van der Waals surface area contributed by atoms with E-state index in [2.05, 4.69) is 10.6 Å². The monoisotopic (exact) mass is 274 g/mol. The van der Waals surface area contributed by atoms with Crippen LogP contribution in [0.4, 0.5) is 11.4 Å². The molecule has 0 aliphatic carbocycles. The molecule has 20 heavy (non-hydrogen) atoms. The lowest BCUT2D eigenvalue weighted by atomic mass is 9.86. The largest absolute Gasteiger partial charge is 0.368 e. The van der Waals surface area contributed by atoms with E-state index in [1.807, 2.05) is 26.0 Å². The number of anilines is 2. The zero-order valence-electron chi connectivity index (χ0n) is 11.7. The van der Waals surface area contributed by atoms with Crippen molar-refractivity contribution in [1.29, 1.82) is 0 Å². The number of amides is 2. The molecule has 0 aromatic heterocycles. The predicted octanol–water partition coefficient (Wildman–Crippen LogP) is 2.03. The minimum absolute atomic E-state index is 0.0184. The fraction of sp³-hybridized carbons (Fsp3) is 0.467. The van der Waals surface area contributed by atoms with Gasteiger partial charge in [0.2, 0.25) is 5.91 Å². The number of benzene rings is 1. The number of carbonyl (C=O) groups excluding carboxylic acids is 2. The zero-order chi connectivity index (χ0) is 14.3. The number of hydrogen-bond acceptors (Lipinski definition) is 3. The van der Waals surface area contributed by atoms with Gasteiger partial charge in [-0.15, -0.1) is 0 Å². The second-order valence-electron chi connectivity index (χ2n) is 5.83. The molecule has 0 saturated carbocycles. The highest BCUT2D eigenvalue weighted by atomic mass is 16.5.